The van der Waals surface area contributed by atoms with Gasteiger partial charge >= 0.3 is 5.97 Å². The highest BCUT2D eigenvalue weighted by Crippen LogP contribution is 2.27. The van der Waals surface area contributed by atoms with Crippen LogP contribution >= 0.6 is 0 Å². The number of aromatic carboxylic acids is 1. The van der Waals surface area contributed by atoms with Crippen LogP contribution in [0.25, 0.3) is 0 Å². The molecule has 1 aromatic carbocycles. The second-order valence-corrected chi connectivity index (χ2v) is 4.58. The topological polar surface area (TPSA) is 59.4 Å². The molecule has 4 nitrogen and oxygen atoms in total. The van der Waals surface area contributed by atoms with Crippen LogP contribution in [0.1, 0.15) is 27.2 Å². The van der Waals surface area contributed by atoms with E-state index < -0.39 is 11.8 Å². The largest absolute Gasteiger partial charge is 0.477 e. The molecule has 1 aromatic heterocycles. The molecule has 1 N–H and O–H groups in total. The Balaban J connectivity index is 2.47. The third-order valence-electron chi connectivity index (χ3n) is 2.88. The van der Waals surface area contributed by atoms with Crippen molar-refractivity contribution in [2.45, 2.75) is 20.8 Å². The molecule has 0 aliphatic carbocycles. The van der Waals surface area contributed by atoms with Gasteiger partial charge in [-0.05, 0) is 44.0 Å². The van der Waals surface area contributed by atoms with Gasteiger partial charge in [-0.2, -0.15) is 0 Å². The van der Waals surface area contributed by atoms with E-state index in [1.807, 2.05) is 0 Å². The van der Waals surface area contributed by atoms with Crippen molar-refractivity contribution < 1.29 is 19.0 Å². The predicted molar refractivity (Wildman–Crippen MR) is 71.9 cm³/mol. The first-order valence-corrected chi connectivity index (χ1v) is 6.04. The molecule has 0 amide bonds. The van der Waals surface area contributed by atoms with Gasteiger partial charge < -0.3 is 9.84 Å². The molecule has 0 fully saturated rings. The lowest BCUT2D eigenvalue weighted by atomic mass is 10.1. The molecule has 5 heteroatoms. The van der Waals surface area contributed by atoms with E-state index in [0.717, 1.165) is 0 Å². The maximum Gasteiger partial charge on any atom is 0.341 e. The lowest BCUT2D eigenvalue weighted by Crippen LogP contribution is -2.06. The molecule has 104 valence electrons. The zero-order valence-electron chi connectivity index (χ0n) is 11.4. The predicted octanol–water partition coefficient (Wildman–Crippen LogP) is 3.64. The lowest BCUT2D eigenvalue weighted by Gasteiger charge is -2.11. The van der Waals surface area contributed by atoms with E-state index in [-0.39, 0.29) is 17.2 Å². The van der Waals surface area contributed by atoms with Crippen LogP contribution in [-0.2, 0) is 0 Å². The highest BCUT2D eigenvalue weighted by atomic mass is 19.1. The van der Waals surface area contributed by atoms with Gasteiger partial charge in [-0.25, -0.2) is 14.2 Å². The van der Waals surface area contributed by atoms with Crippen molar-refractivity contribution in [1.82, 2.24) is 4.98 Å². The minimum Gasteiger partial charge on any atom is -0.477 e. The first kappa shape index (κ1) is 14.0. The summed E-state index contributed by atoms with van der Waals surface area (Å²) >= 11 is 0. The number of ether oxygens (including phenoxy) is 1. The number of carbonyl (C=O) groups is 1. The number of halogens is 1. The Labute approximate surface area is 115 Å². The van der Waals surface area contributed by atoms with Crippen LogP contribution in [0.4, 0.5) is 4.39 Å². The molecule has 0 spiro atoms. The number of hydrogen-bond donors (Lipinski definition) is 1. The summed E-state index contributed by atoms with van der Waals surface area (Å²) in [6.07, 6.45) is 0. The standard InChI is InChI=1S/C15H14FNO3/c1-8-4-5-11(7-12(8)16)20-14-13(15(18)19)9(2)6-10(3)17-14/h4-7H,1-3H3,(H,18,19). The molecule has 0 aliphatic heterocycles. The molecule has 0 atom stereocenters. The minimum atomic E-state index is -1.13. The first-order valence-electron chi connectivity index (χ1n) is 6.04. The molecule has 0 saturated heterocycles. The second-order valence-electron chi connectivity index (χ2n) is 4.58. The molecule has 2 aromatic rings. The van der Waals surface area contributed by atoms with E-state index in [9.17, 15) is 14.3 Å². The smallest absolute Gasteiger partial charge is 0.341 e. The number of benzene rings is 1. The molecule has 1 heterocycles. The quantitative estimate of drug-likeness (QED) is 0.929. The van der Waals surface area contributed by atoms with E-state index in [1.165, 1.54) is 6.07 Å². The van der Waals surface area contributed by atoms with Crippen molar-refractivity contribution in [1.29, 1.82) is 0 Å². The maximum atomic E-state index is 13.5. The number of hydrogen-bond acceptors (Lipinski definition) is 3. The number of aromatic nitrogens is 1. The highest BCUT2D eigenvalue weighted by Gasteiger charge is 2.18. The van der Waals surface area contributed by atoms with Crippen molar-refractivity contribution in [3.05, 3.63) is 52.5 Å². The van der Waals surface area contributed by atoms with Gasteiger partial charge in [-0.15, -0.1) is 0 Å². The number of pyridine rings is 1. The lowest BCUT2D eigenvalue weighted by molar-refractivity contribution is 0.0692. The Bertz CT molecular complexity index is 683. The Kier molecular flexibility index (Phi) is 3.70. The van der Waals surface area contributed by atoms with Crippen LogP contribution in [0.5, 0.6) is 11.6 Å². The fourth-order valence-electron chi connectivity index (χ4n) is 1.89. The van der Waals surface area contributed by atoms with E-state index in [1.54, 1.807) is 39.0 Å². The van der Waals surface area contributed by atoms with Gasteiger partial charge in [0, 0.05) is 11.8 Å². The molecule has 0 unspecified atom stereocenters. The number of aryl methyl sites for hydroxylation is 3. The number of carboxylic acids is 1. The van der Waals surface area contributed by atoms with Crippen molar-refractivity contribution >= 4 is 5.97 Å². The molecule has 0 radical (unpaired) electrons. The Morgan fingerprint density at radius 3 is 2.50 bits per heavy atom. The van der Waals surface area contributed by atoms with Crippen molar-refractivity contribution in [2.75, 3.05) is 0 Å². The summed E-state index contributed by atoms with van der Waals surface area (Å²) in [7, 11) is 0. The number of nitrogens with zero attached hydrogens (tertiary/aromatic N) is 1. The molecule has 0 saturated carbocycles. The zero-order valence-corrected chi connectivity index (χ0v) is 11.4. The minimum absolute atomic E-state index is 0.0171. The van der Waals surface area contributed by atoms with Gasteiger partial charge in [0.2, 0.25) is 5.88 Å². The average molecular weight is 275 g/mol. The normalized spacial score (nSPS) is 10.4. The maximum absolute atomic E-state index is 13.5. The van der Waals surface area contributed by atoms with Gasteiger partial charge in [-0.3, -0.25) is 0 Å². The molecule has 2 rings (SSSR count). The fraction of sp³-hybridized carbons (Fsp3) is 0.200. The summed E-state index contributed by atoms with van der Waals surface area (Å²) in [4.78, 5) is 15.3. The van der Waals surface area contributed by atoms with Crippen molar-refractivity contribution in [2.24, 2.45) is 0 Å². The van der Waals surface area contributed by atoms with Gasteiger partial charge in [-0.1, -0.05) is 6.07 Å². The SMILES string of the molecule is Cc1cc(C)c(C(=O)O)c(Oc2ccc(C)c(F)c2)n1. The monoisotopic (exact) mass is 275 g/mol. The average Bonchev–Trinajstić information content (AvgIpc) is 2.32. The second kappa shape index (κ2) is 5.28. The molecular formula is C15H14FNO3. The number of rotatable bonds is 3. The summed E-state index contributed by atoms with van der Waals surface area (Å²) < 4.78 is 18.9. The van der Waals surface area contributed by atoms with Gasteiger partial charge in [0.15, 0.2) is 0 Å². The molecule has 0 bridgehead atoms. The molecular weight excluding hydrogens is 261 g/mol. The van der Waals surface area contributed by atoms with Gasteiger partial charge in [0.25, 0.3) is 0 Å². The zero-order chi connectivity index (χ0) is 14.9. The molecule has 20 heavy (non-hydrogen) atoms. The summed E-state index contributed by atoms with van der Waals surface area (Å²) in [5, 5.41) is 9.22. The van der Waals surface area contributed by atoms with E-state index in [4.69, 9.17) is 4.74 Å². The van der Waals surface area contributed by atoms with Crippen LogP contribution in [-0.4, -0.2) is 16.1 Å². The third-order valence-corrected chi connectivity index (χ3v) is 2.88. The van der Waals surface area contributed by atoms with E-state index in [0.29, 0.717) is 16.8 Å². The van der Waals surface area contributed by atoms with Crippen molar-refractivity contribution in [3.8, 4) is 11.6 Å². The van der Waals surface area contributed by atoms with E-state index in [2.05, 4.69) is 4.98 Å². The van der Waals surface area contributed by atoms with Crippen LogP contribution in [0.2, 0.25) is 0 Å². The fourth-order valence-corrected chi connectivity index (χ4v) is 1.89. The summed E-state index contributed by atoms with van der Waals surface area (Å²) in [5.41, 5.74) is 1.66. The van der Waals surface area contributed by atoms with Crippen LogP contribution in [0, 0.1) is 26.6 Å². The highest BCUT2D eigenvalue weighted by molar-refractivity contribution is 5.92. The number of carboxylic acid groups (broad SMARTS) is 1. The van der Waals surface area contributed by atoms with E-state index >= 15 is 0 Å². The third kappa shape index (κ3) is 2.77. The Hall–Kier alpha value is -2.43. The summed E-state index contributed by atoms with van der Waals surface area (Å²) in [6, 6.07) is 6.00. The summed E-state index contributed by atoms with van der Waals surface area (Å²) in [6.45, 7) is 5.04. The molecule has 0 aliphatic rings. The summed E-state index contributed by atoms with van der Waals surface area (Å²) in [5.74, 6) is -1.35. The van der Waals surface area contributed by atoms with Gasteiger partial charge in [0.05, 0.1) is 0 Å². The van der Waals surface area contributed by atoms with Crippen LogP contribution in [0.3, 0.4) is 0 Å². The first-order chi connectivity index (χ1) is 9.38. The van der Waals surface area contributed by atoms with Gasteiger partial charge in [0.1, 0.15) is 17.1 Å². The van der Waals surface area contributed by atoms with Crippen LogP contribution < -0.4 is 4.74 Å². The Morgan fingerprint density at radius 2 is 1.90 bits per heavy atom. The van der Waals surface area contributed by atoms with Crippen LogP contribution in [0.15, 0.2) is 24.3 Å². The Morgan fingerprint density at radius 1 is 1.20 bits per heavy atom. The van der Waals surface area contributed by atoms with Crippen molar-refractivity contribution in [3.63, 3.8) is 0 Å².